The van der Waals surface area contributed by atoms with Gasteiger partial charge in [0.05, 0.1) is 6.61 Å². The van der Waals surface area contributed by atoms with Crippen LogP contribution in [0.4, 0.5) is 4.79 Å². The largest absolute Gasteiger partial charge is 0.465 e. The molecule has 0 spiro atoms. The van der Waals surface area contributed by atoms with Crippen LogP contribution in [0.25, 0.3) is 0 Å². The van der Waals surface area contributed by atoms with Crippen molar-refractivity contribution in [1.29, 1.82) is 0 Å². The third-order valence-corrected chi connectivity index (χ3v) is 2.41. The molecular weight excluding hydrogens is 246 g/mol. The van der Waals surface area contributed by atoms with E-state index in [9.17, 15) is 9.59 Å². The van der Waals surface area contributed by atoms with Crippen LogP contribution in [-0.4, -0.2) is 36.2 Å². The molecule has 0 radical (unpaired) electrons. The molecule has 0 heterocycles. The number of para-hydroxylation sites is 1. The topological polar surface area (TPSA) is 55.8 Å². The molecule has 0 unspecified atom stereocenters. The van der Waals surface area contributed by atoms with E-state index in [1.807, 2.05) is 19.9 Å². The summed E-state index contributed by atoms with van der Waals surface area (Å²) in [5.41, 5.74) is 0. The molecular formula is C14H19NO4. The molecule has 19 heavy (non-hydrogen) atoms. The van der Waals surface area contributed by atoms with E-state index in [1.54, 1.807) is 31.2 Å². The van der Waals surface area contributed by atoms with Gasteiger partial charge in [-0.05, 0) is 32.9 Å². The van der Waals surface area contributed by atoms with E-state index in [0.717, 1.165) is 0 Å². The molecule has 0 aliphatic heterocycles. The lowest BCUT2D eigenvalue weighted by Crippen LogP contribution is -2.42. The minimum atomic E-state index is -0.561. The Balaban J connectivity index is 2.66. The van der Waals surface area contributed by atoms with Crippen molar-refractivity contribution in [3.8, 4) is 5.75 Å². The highest BCUT2D eigenvalue weighted by molar-refractivity contribution is 5.79. The van der Waals surface area contributed by atoms with Gasteiger partial charge in [0.1, 0.15) is 12.3 Å². The molecule has 1 amide bonds. The third-order valence-electron chi connectivity index (χ3n) is 2.41. The summed E-state index contributed by atoms with van der Waals surface area (Å²) in [5, 5.41) is 0. The first kappa shape index (κ1) is 15.0. The van der Waals surface area contributed by atoms with Gasteiger partial charge >= 0.3 is 12.1 Å². The maximum absolute atomic E-state index is 12.0. The maximum atomic E-state index is 12.0. The summed E-state index contributed by atoms with van der Waals surface area (Å²) in [4.78, 5) is 24.8. The van der Waals surface area contributed by atoms with Crippen LogP contribution in [-0.2, 0) is 9.53 Å². The lowest BCUT2D eigenvalue weighted by molar-refractivity contribution is -0.144. The highest BCUT2D eigenvalue weighted by Crippen LogP contribution is 2.11. The normalized spacial score (nSPS) is 10.1. The summed E-state index contributed by atoms with van der Waals surface area (Å²) in [6.45, 7) is 5.52. The van der Waals surface area contributed by atoms with E-state index in [4.69, 9.17) is 9.47 Å². The van der Waals surface area contributed by atoms with E-state index in [2.05, 4.69) is 0 Å². The van der Waals surface area contributed by atoms with Crippen molar-refractivity contribution < 1.29 is 19.1 Å². The minimum Gasteiger partial charge on any atom is -0.465 e. The minimum absolute atomic E-state index is 0.114. The van der Waals surface area contributed by atoms with Gasteiger partial charge in [0.25, 0.3) is 0 Å². The van der Waals surface area contributed by atoms with Crippen molar-refractivity contribution in [3.05, 3.63) is 30.3 Å². The van der Waals surface area contributed by atoms with Gasteiger partial charge in [-0.15, -0.1) is 0 Å². The number of hydrogen-bond donors (Lipinski definition) is 0. The Labute approximate surface area is 113 Å². The lowest BCUT2D eigenvalue weighted by Gasteiger charge is -2.24. The van der Waals surface area contributed by atoms with E-state index in [0.29, 0.717) is 12.4 Å². The molecule has 0 fully saturated rings. The molecule has 0 aliphatic carbocycles. The summed E-state index contributed by atoms with van der Waals surface area (Å²) in [7, 11) is 0. The number of esters is 1. The van der Waals surface area contributed by atoms with Crippen molar-refractivity contribution in [2.45, 2.75) is 26.8 Å². The van der Waals surface area contributed by atoms with Gasteiger partial charge in [0.15, 0.2) is 0 Å². The van der Waals surface area contributed by atoms with Gasteiger partial charge in [-0.3, -0.25) is 9.69 Å². The zero-order valence-corrected chi connectivity index (χ0v) is 11.5. The summed E-state index contributed by atoms with van der Waals surface area (Å²) in [5.74, 6) is 0.00298. The standard InChI is InChI=1S/C14H19NO4/c1-4-18-13(16)10-15(11(2)3)14(17)19-12-8-6-5-7-9-12/h5-9,11H,4,10H2,1-3H3. The Bertz CT molecular complexity index is 417. The monoisotopic (exact) mass is 265 g/mol. The Morgan fingerprint density at radius 1 is 1.21 bits per heavy atom. The van der Waals surface area contributed by atoms with Crippen LogP contribution < -0.4 is 4.74 Å². The summed E-state index contributed by atoms with van der Waals surface area (Å²) >= 11 is 0. The first-order valence-corrected chi connectivity index (χ1v) is 6.23. The summed E-state index contributed by atoms with van der Waals surface area (Å²) in [6, 6.07) is 8.58. The molecule has 0 aromatic heterocycles. The number of carbonyl (C=O) groups is 2. The van der Waals surface area contributed by atoms with E-state index < -0.39 is 12.1 Å². The van der Waals surface area contributed by atoms with Crippen LogP contribution in [0.2, 0.25) is 0 Å². The van der Waals surface area contributed by atoms with Crippen molar-refractivity contribution >= 4 is 12.1 Å². The zero-order chi connectivity index (χ0) is 14.3. The molecule has 104 valence electrons. The average Bonchev–Trinajstić information content (AvgIpc) is 2.37. The predicted octanol–water partition coefficient (Wildman–Crippen LogP) is 2.46. The average molecular weight is 265 g/mol. The van der Waals surface area contributed by atoms with E-state index in [1.165, 1.54) is 4.90 Å². The third kappa shape index (κ3) is 4.99. The Kier molecular flexibility index (Phi) is 5.85. The van der Waals surface area contributed by atoms with Crippen molar-refractivity contribution in [2.75, 3.05) is 13.2 Å². The van der Waals surface area contributed by atoms with Crippen LogP contribution in [0.1, 0.15) is 20.8 Å². The van der Waals surface area contributed by atoms with Gasteiger partial charge < -0.3 is 9.47 Å². The highest BCUT2D eigenvalue weighted by atomic mass is 16.6. The molecule has 0 N–H and O–H groups in total. The number of benzene rings is 1. The lowest BCUT2D eigenvalue weighted by atomic mass is 10.3. The fourth-order valence-electron chi connectivity index (χ4n) is 1.45. The molecule has 1 aromatic carbocycles. The van der Waals surface area contributed by atoms with Crippen LogP contribution in [0, 0.1) is 0 Å². The van der Waals surface area contributed by atoms with Crippen LogP contribution >= 0.6 is 0 Å². The van der Waals surface area contributed by atoms with Crippen molar-refractivity contribution in [2.24, 2.45) is 0 Å². The SMILES string of the molecule is CCOC(=O)CN(C(=O)Oc1ccccc1)C(C)C. The molecule has 1 rings (SSSR count). The first-order chi connectivity index (χ1) is 9.04. The predicted molar refractivity (Wildman–Crippen MR) is 70.9 cm³/mol. The molecule has 5 nitrogen and oxygen atoms in total. The second-order valence-electron chi connectivity index (χ2n) is 4.21. The van der Waals surface area contributed by atoms with Gasteiger partial charge in [-0.25, -0.2) is 4.79 Å². The van der Waals surface area contributed by atoms with E-state index in [-0.39, 0.29) is 12.6 Å². The number of carbonyl (C=O) groups excluding carboxylic acids is 2. The quantitative estimate of drug-likeness (QED) is 0.767. The number of nitrogens with zero attached hydrogens (tertiary/aromatic N) is 1. The van der Waals surface area contributed by atoms with Gasteiger partial charge in [-0.2, -0.15) is 0 Å². The number of amides is 1. The molecule has 0 aliphatic rings. The Morgan fingerprint density at radius 2 is 1.84 bits per heavy atom. The molecule has 1 aromatic rings. The molecule has 0 saturated carbocycles. The molecule has 0 atom stereocenters. The summed E-state index contributed by atoms with van der Waals surface area (Å²) in [6.07, 6.45) is -0.561. The van der Waals surface area contributed by atoms with Crippen LogP contribution in [0.5, 0.6) is 5.75 Å². The Morgan fingerprint density at radius 3 is 2.37 bits per heavy atom. The fraction of sp³-hybridized carbons (Fsp3) is 0.429. The maximum Gasteiger partial charge on any atom is 0.415 e. The zero-order valence-electron chi connectivity index (χ0n) is 11.5. The van der Waals surface area contributed by atoms with Gasteiger partial charge in [-0.1, -0.05) is 18.2 Å². The molecule has 5 heteroatoms. The van der Waals surface area contributed by atoms with Crippen LogP contribution in [0.3, 0.4) is 0 Å². The fourth-order valence-corrected chi connectivity index (χ4v) is 1.45. The second kappa shape index (κ2) is 7.41. The second-order valence-corrected chi connectivity index (χ2v) is 4.21. The number of rotatable bonds is 5. The smallest absolute Gasteiger partial charge is 0.415 e. The van der Waals surface area contributed by atoms with Crippen molar-refractivity contribution in [3.63, 3.8) is 0 Å². The highest BCUT2D eigenvalue weighted by Gasteiger charge is 2.22. The van der Waals surface area contributed by atoms with Crippen LogP contribution in [0.15, 0.2) is 30.3 Å². The van der Waals surface area contributed by atoms with Crippen molar-refractivity contribution in [1.82, 2.24) is 4.90 Å². The first-order valence-electron chi connectivity index (χ1n) is 6.23. The Hall–Kier alpha value is -2.04. The van der Waals surface area contributed by atoms with Gasteiger partial charge in [0.2, 0.25) is 0 Å². The molecule has 0 saturated heterocycles. The molecule has 0 bridgehead atoms. The number of ether oxygens (including phenoxy) is 2. The van der Waals surface area contributed by atoms with E-state index >= 15 is 0 Å². The van der Waals surface area contributed by atoms with Gasteiger partial charge in [0, 0.05) is 6.04 Å². The summed E-state index contributed by atoms with van der Waals surface area (Å²) < 4.78 is 10.0. The number of hydrogen-bond acceptors (Lipinski definition) is 4.